The van der Waals surface area contributed by atoms with E-state index in [4.69, 9.17) is 4.74 Å². The van der Waals surface area contributed by atoms with Crippen molar-refractivity contribution in [3.8, 4) is 5.75 Å². The van der Waals surface area contributed by atoms with Crippen LogP contribution in [0.5, 0.6) is 5.75 Å². The molecule has 1 fully saturated rings. The number of ether oxygens (including phenoxy) is 1. The maximum atomic E-state index is 13.0. The minimum Gasteiger partial charge on any atom is -0.491 e. The smallest absolute Gasteiger partial charge is 0.337 e. The van der Waals surface area contributed by atoms with Gasteiger partial charge in [-0.05, 0) is 82.1 Å². The van der Waals surface area contributed by atoms with Crippen LogP contribution in [0.15, 0.2) is 53.3 Å². The lowest BCUT2D eigenvalue weighted by molar-refractivity contribution is 0.0552. The van der Waals surface area contributed by atoms with Gasteiger partial charge in [0.2, 0.25) is 0 Å². The van der Waals surface area contributed by atoms with Gasteiger partial charge in [0.15, 0.2) is 0 Å². The van der Waals surface area contributed by atoms with Crippen LogP contribution in [0.2, 0.25) is 0 Å². The van der Waals surface area contributed by atoms with E-state index >= 15 is 0 Å². The number of rotatable bonds is 8. The van der Waals surface area contributed by atoms with Crippen LogP contribution in [0.25, 0.3) is 11.0 Å². The van der Waals surface area contributed by atoms with Crippen molar-refractivity contribution in [1.29, 1.82) is 0 Å². The summed E-state index contributed by atoms with van der Waals surface area (Å²) in [6.07, 6.45) is 1.12. The lowest BCUT2D eigenvalue weighted by atomic mass is 9.96. The zero-order valence-electron chi connectivity index (χ0n) is 20.2. The molecule has 0 aliphatic carbocycles. The highest BCUT2D eigenvalue weighted by atomic mass is 19.1. The number of nitrogens with one attached hydrogen (secondary N) is 1. The molecular formula is C26H33FN4O4. The first-order valence-corrected chi connectivity index (χ1v) is 12.1. The summed E-state index contributed by atoms with van der Waals surface area (Å²) >= 11 is 0. The number of hydrogen-bond donors (Lipinski definition) is 2. The molecular weight excluding hydrogens is 451 g/mol. The molecule has 1 aliphatic heterocycles. The van der Waals surface area contributed by atoms with Crippen molar-refractivity contribution in [2.75, 3.05) is 32.8 Å². The standard InChI is InChI=1S/C26H33FN4O4/c1-18(2)30-23-5-3-4-6-24(23)31(26(30)34)25(33)28-15-19-11-13-29(14-12-19)16-21(32)17-35-22-9-7-20(27)8-10-22/h3-10,18-19,21,32H,11-17H2,1-2H3,(H,28,33). The number of β-amino-alcohol motifs (C(OH)–C–C–N with tert-alkyl or cyclic N) is 1. The Morgan fingerprint density at radius 3 is 2.43 bits per heavy atom. The zero-order valence-corrected chi connectivity index (χ0v) is 20.2. The SMILES string of the molecule is CC(C)n1c(=O)n(C(=O)NCC2CCN(CC(O)COc3ccc(F)cc3)CC2)c2ccccc21. The van der Waals surface area contributed by atoms with Gasteiger partial charge in [-0.25, -0.2) is 18.5 Å². The normalized spacial score (nSPS) is 16.0. The third kappa shape index (κ3) is 5.91. The maximum Gasteiger partial charge on any atom is 0.337 e. The number of imidazole rings is 1. The summed E-state index contributed by atoms with van der Waals surface area (Å²) in [5.74, 6) is 0.499. The number of amides is 1. The first kappa shape index (κ1) is 24.9. The van der Waals surface area contributed by atoms with Crippen molar-refractivity contribution in [2.24, 2.45) is 5.92 Å². The molecule has 0 radical (unpaired) electrons. The highest BCUT2D eigenvalue weighted by molar-refractivity contribution is 5.89. The van der Waals surface area contributed by atoms with E-state index in [1.807, 2.05) is 32.0 Å². The minimum absolute atomic E-state index is 0.0535. The Kier molecular flexibility index (Phi) is 7.87. The fourth-order valence-electron chi connectivity index (χ4n) is 4.62. The third-order valence-corrected chi connectivity index (χ3v) is 6.47. The van der Waals surface area contributed by atoms with Gasteiger partial charge in [0, 0.05) is 19.1 Å². The predicted molar refractivity (Wildman–Crippen MR) is 132 cm³/mol. The van der Waals surface area contributed by atoms with E-state index in [0.717, 1.165) is 31.4 Å². The maximum absolute atomic E-state index is 13.0. The number of halogens is 1. The Morgan fingerprint density at radius 1 is 1.11 bits per heavy atom. The summed E-state index contributed by atoms with van der Waals surface area (Å²) in [5, 5.41) is 13.3. The number of piperidine rings is 1. The molecule has 35 heavy (non-hydrogen) atoms. The molecule has 188 valence electrons. The molecule has 9 heteroatoms. The summed E-state index contributed by atoms with van der Waals surface area (Å²) in [7, 11) is 0. The number of aromatic nitrogens is 2. The Morgan fingerprint density at radius 2 is 1.77 bits per heavy atom. The van der Waals surface area contributed by atoms with E-state index in [-0.39, 0.29) is 24.2 Å². The quantitative estimate of drug-likeness (QED) is 0.513. The van der Waals surface area contributed by atoms with Gasteiger partial charge in [-0.1, -0.05) is 12.1 Å². The zero-order chi connectivity index (χ0) is 24.9. The monoisotopic (exact) mass is 484 g/mol. The number of carbonyl (C=O) groups excluding carboxylic acids is 1. The molecule has 2 N–H and O–H groups in total. The van der Waals surface area contributed by atoms with Gasteiger partial charge in [0.1, 0.15) is 24.3 Å². The van der Waals surface area contributed by atoms with Crippen LogP contribution in [0.4, 0.5) is 9.18 Å². The van der Waals surface area contributed by atoms with Gasteiger partial charge in [0.25, 0.3) is 0 Å². The molecule has 4 rings (SSSR count). The van der Waals surface area contributed by atoms with E-state index < -0.39 is 12.1 Å². The van der Waals surface area contributed by atoms with Crippen molar-refractivity contribution < 1.29 is 19.0 Å². The molecule has 2 heterocycles. The van der Waals surface area contributed by atoms with E-state index in [0.29, 0.717) is 30.3 Å². The average Bonchev–Trinajstić information content (AvgIpc) is 3.15. The van der Waals surface area contributed by atoms with Crippen molar-refractivity contribution in [1.82, 2.24) is 19.4 Å². The van der Waals surface area contributed by atoms with E-state index in [1.54, 1.807) is 10.6 Å². The molecule has 3 aromatic rings. The Bertz CT molecular complexity index is 1200. The van der Waals surface area contributed by atoms with E-state index in [2.05, 4.69) is 10.2 Å². The molecule has 0 bridgehead atoms. The fourth-order valence-corrected chi connectivity index (χ4v) is 4.62. The minimum atomic E-state index is -0.651. The Balaban J connectivity index is 1.25. The second-order valence-corrected chi connectivity index (χ2v) is 9.42. The van der Waals surface area contributed by atoms with Crippen LogP contribution < -0.4 is 15.7 Å². The summed E-state index contributed by atoms with van der Waals surface area (Å²) in [5.41, 5.74) is 1.03. The molecule has 8 nitrogen and oxygen atoms in total. The Labute approximate surface area is 203 Å². The Hall–Kier alpha value is -3.17. The highest BCUT2D eigenvalue weighted by Gasteiger charge is 2.24. The number of fused-ring (bicyclic) bond motifs is 1. The highest BCUT2D eigenvalue weighted by Crippen LogP contribution is 2.19. The van der Waals surface area contributed by atoms with Gasteiger partial charge < -0.3 is 20.1 Å². The van der Waals surface area contributed by atoms with Gasteiger partial charge >= 0.3 is 11.7 Å². The predicted octanol–water partition coefficient (Wildman–Crippen LogP) is 3.23. The molecule has 0 saturated carbocycles. The van der Waals surface area contributed by atoms with Crippen molar-refractivity contribution in [2.45, 2.75) is 38.8 Å². The average molecular weight is 485 g/mol. The number of para-hydroxylation sites is 2. The fraction of sp³-hybridized carbons (Fsp3) is 0.462. The summed E-state index contributed by atoms with van der Waals surface area (Å²) in [4.78, 5) is 28.0. The van der Waals surface area contributed by atoms with Crippen LogP contribution in [-0.4, -0.2) is 64.1 Å². The number of aliphatic hydroxyl groups excluding tert-OH is 1. The molecule has 1 aliphatic rings. The largest absolute Gasteiger partial charge is 0.491 e. The summed E-state index contributed by atoms with van der Waals surface area (Å²) in [6.45, 7) is 6.59. The number of hydrogen-bond acceptors (Lipinski definition) is 5. The lowest BCUT2D eigenvalue weighted by Crippen LogP contribution is -2.44. The first-order chi connectivity index (χ1) is 16.8. The molecule has 1 amide bonds. The van der Waals surface area contributed by atoms with Crippen LogP contribution in [0.1, 0.15) is 32.7 Å². The molecule has 1 aromatic heterocycles. The van der Waals surface area contributed by atoms with E-state index in [9.17, 15) is 19.1 Å². The van der Waals surface area contributed by atoms with E-state index in [1.165, 1.54) is 28.8 Å². The molecule has 1 unspecified atom stereocenters. The van der Waals surface area contributed by atoms with Crippen molar-refractivity contribution in [3.05, 3.63) is 64.8 Å². The third-order valence-electron chi connectivity index (χ3n) is 6.47. The second kappa shape index (κ2) is 11.0. The van der Waals surface area contributed by atoms with Crippen LogP contribution >= 0.6 is 0 Å². The van der Waals surface area contributed by atoms with Gasteiger partial charge in [-0.3, -0.25) is 4.57 Å². The van der Waals surface area contributed by atoms with Crippen molar-refractivity contribution >= 4 is 17.1 Å². The van der Waals surface area contributed by atoms with Crippen LogP contribution in [0.3, 0.4) is 0 Å². The summed E-state index contributed by atoms with van der Waals surface area (Å²) < 4.78 is 21.4. The number of likely N-dealkylation sites (tertiary alicyclic amines) is 1. The molecule has 2 aromatic carbocycles. The van der Waals surface area contributed by atoms with Gasteiger partial charge in [-0.15, -0.1) is 0 Å². The lowest BCUT2D eigenvalue weighted by Gasteiger charge is -2.33. The molecule has 1 atom stereocenters. The second-order valence-electron chi connectivity index (χ2n) is 9.42. The number of aliphatic hydroxyl groups is 1. The van der Waals surface area contributed by atoms with Crippen molar-refractivity contribution in [3.63, 3.8) is 0 Å². The number of benzene rings is 2. The topological polar surface area (TPSA) is 88.7 Å². The number of nitrogens with zero attached hydrogens (tertiary/aromatic N) is 3. The summed E-state index contributed by atoms with van der Waals surface area (Å²) in [6, 6.07) is 12.6. The van der Waals surface area contributed by atoms with Crippen LogP contribution in [-0.2, 0) is 0 Å². The first-order valence-electron chi connectivity index (χ1n) is 12.1. The van der Waals surface area contributed by atoms with Gasteiger partial charge in [-0.2, -0.15) is 0 Å². The number of carbonyl (C=O) groups is 1. The molecule has 1 saturated heterocycles. The molecule has 0 spiro atoms. The van der Waals surface area contributed by atoms with Gasteiger partial charge in [0.05, 0.1) is 11.0 Å². The van der Waals surface area contributed by atoms with Crippen LogP contribution in [0, 0.1) is 11.7 Å².